The fourth-order valence-electron chi connectivity index (χ4n) is 3.68. The van der Waals surface area contributed by atoms with Crippen molar-refractivity contribution < 1.29 is 0 Å². The molecule has 23 heavy (non-hydrogen) atoms. The number of hydrogen-bond donors (Lipinski definition) is 2. The maximum absolute atomic E-state index is 3.61. The standard InChI is InChI=1S/C19H32N4/c1-2-11-22-12-14-23(15-13-22)19-5-3-18(4-6-19)21-16-17-7-9-20-10-8-17/h3-6,17,20-21H,2,7-16H2,1H3. The summed E-state index contributed by atoms with van der Waals surface area (Å²) in [6.07, 6.45) is 3.86. The lowest BCUT2D eigenvalue weighted by Crippen LogP contribution is -2.46. The van der Waals surface area contributed by atoms with Gasteiger partial charge in [0.05, 0.1) is 0 Å². The normalized spacial score (nSPS) is 20.7. The summed E-state index contributed by atoms with van der Waals surface area (Å²) in [5.41, 5.74) is 2.63. The largest absolute Gasteiger partial charge is 0.385 e. The van der Waals surface area contributed by atoms with E-state index in [-0.39, 0.29) is 0 Å². The van der Waals surface area contributed by atoms with Crippen LogP contribution in [0, 0.1) is 5.92 Å². The van der Waals surface area contributed by atoms with E-state index in [1.165, 1.54) is 63.4 Å². The van der Waals surface area contributed by atoms with Crippen LogP contribution in [0.1, 0.15) is 26.2 Å². The second-order valence-corrected chi connectivity index (χ2v) is 6.95. The maximum atomic E-state index is 3.61. The quantitative estimate of drug-likeness (QED) is 0.845. The SMILES string of the molecule is CCCN1CCN(c2ccc(NCC3CCNCC3)cc2)CC1. The first-order valence-corrected chi connectivity index (χ1v) is 9.37. The maximum Gasteiger partial charge on any atom is 0.0368 e. The van der Waals surface area contributed by atoms with Crippen molar-refractivity contribution in [3.63, 3.8) is 0 Å². The van der Waals surface area contributed by atoms with Gasteiger partial charge in [-0.1, -0.05) is 6.92 Å². The molecule has 0 atom stereocenters. The predicted molar refractivity (Wildman–Crippen MR) is 99.5 cm³/mol. The molecular weight excluding hydrogens is 284 g/mol. The molecule has 1 aromatic rings. The van der Waals surface area contributed by atoms with Crippen LogP contribution in [0.2, 0.25) is 0 Å². The zero-order chi connectivity index (χ0) is 15.9. The minimum absolute atomic E-state index is 0.822. The average Bonchev–Trinajstić information content (AvgIpc) is 2.62. The van der Waals surface area contributed by atoms with E-state index in [1.807, 2.05) is 0 Å². The van der Waals surface area contributed by atoms with E-state index >= 15 is 0 Å². The Hall–Kier alpha value is -1.26. The molecule has 2 N–H and O–H groups in total. The smallest absolute Gasteiger partial charge is 0.0368 e. The molecule has 0 aromatic heterocycles. The van der Waals surface area contributed by atoms with Gasteiger partial charge >= 0.3 is 0 Å². The van der Waals surface area contributed by atoms with Gasteiger partial charge in [-0.05, 0) is 69.1 Å². The van der Waals surface area contributed by atoms with Crippen molar-refractivity contribution in [2.24, 2.45) is 5.92 Å². The third-order valence-corrected chi connectivity index (χ3v) is 5.20. The lowest BCUT2D eigenvalue weighted by atomic mass is 9.98. The lowest BCUT2D eigenvalue weighted by molar-refractivity contribution is 0.258. The highest BCUT2D eigenvalue weighted by molar-refractivity contribution is 5.55. The van der Waals surface area contributed by atoms with Crippen molar-refractivity contribution in [3.05, 3.63) is 24.3 Å². The van der Waals surface area contributed by atoms with Gasteiger partial charge in [-0.3, -0.25) is 4.90 Å². The van der Waals surface area contributed by atoms with E-state index < -0.39 is 0 Å². The van der Waals surface area contributed by atoms with Crippen LogP contribution in [0.4, 0.5) is 11.4 Å². The van der Waals surface area contributed by atoms with E-state index in [1.54, 1.807) is 0 Å². The van der Waals surface area contributed by atoms with Gasteiger partial charge in [-0.2, -0.15) is 0 Å². The van der Waals surface area contributed by atoms with Crippen LogP contribution < -0.4 is 15.5 Å². The van der Waals surface area contributed by atoms with Gasteiger partial charge in [-0.25, -0.2) is 0 Å². The van der Waals surface area contributed by atoms with Crippen molar-refractivity contribution in [1.29, 1.82) is 0 Å². The molecule has 3 rings (SSSR count). The summed E-state index contributed by atoms with van der Waals surface area (Å²) in [6, 6.07) is 9.05. The third kappa shape index (κ3) is 4.85. The minimum Gasteiger partial charge on any atom is -0.385 e. The Morgan fingerprint density at radius 3 is 2.39 bits per heavy atom. The molecule has 4 heteroatoms. The number of nitrogens with zero attached hydrogens (tertiary/aromatic N) is 2. The van der Waals surface area contributed by atoms with Crippen molar-refractivity contribution in [2.75, 3.05) is 62.6 Å². The Balaban J connectivity index is 1.45. The summed E-state index contributed by atoms with van der Waals surface area (Å²) in [7, 11) is 0. The van der Waals surface area contributed by atoms with Crippen LogP contribution in [0.15, 0.2) is 24.3 Å². The van der Waals surface area contributed by atoms with Gasteiger partial charge in [0.25, 0.3) is 0 Å². The molecule has 0 saturated carbocycles. The monoisotopic (exact) mass is 316 g/mol. The highest BCUT2D eigenvalue weighted by Gasteiger charge is 2.16. The van der Waals surface area contributed by atoms with Crippen molar-refractivity contribution in [1.82, 2.24) is 10.2 Å². The first kappa shape index (κ1) is 16.6. The number of hydrogen-bond acceptors (Lipinski definition) is 4. The van der Waals surface area contributed by atoms with Gasteiger partial charge < -0.3 is 15.5 Å². The van der Waals surface area contributed by atoms with Crippen molar-refractivity contribution in [2.45, 2.75) is 26.2 Å². The second-order valence-electron chi connectivity index (χ2n) is 6.95. The Morgan fingerprint density at radius 1 is 1.04 bits per heavy atom. The Bertz CT molecular complexity index is 445. The van der Waals surface area contributed by atoms with Crippen LogP contribution in [-0.4, -0.2) is 57.3 Å². The molecule has 2 aliphatic rings. The highest BCUT2D eigenvalue weighted by atomic mass is 15.3. The van der Waals surface area contributed by atoms with Gasteiger partial charge in [0.2, 0.25) is 0 Å². The van der Waals surface area contributed by atoms with E-state index in [9.17, 15) is 0 Å². The molecule has 128 valence electrons. The summed E-state index contributed by atoms with van der Waals surface area (Å²) in [4.78, 5) is 5.09. The van der Waals surface area contributed by atoms with Crippen molar-refractivity contribution in [3.8, 4) is 0 Å². The van der Waals surface area contributed by atoms with E-state index in [2.05, 4.69) is 51.6 Å². The summed E-state index contributed by atoms with van der Waals surface area (Å²) < 4.78 is 0. The number of piperidine rings is 1. The Morgan fingerprint density at radius 2 is 1.74 bits per heavy atom. The third-order valence-electron chi connectivity index (χ3n) is 5.20. The van der Waals surface area contributed by atoms with Crippen LogP contribution >= 0.6 is 0 Å². The van der Waals surface area contributed by atoms with Crippen LogP contribution in [-0.2, 0) is 0 Å². The number of benzene rings is 1. The molecule has 2 saturated heterocycles. The topological polar surface area (TPSA) is 30.5 Å². The number of rotatable bonds is 6. The predicted octanol–water partition coefficient (Wildman–Crippen LogP) is 2.63. The van der Waals surface area contributed by atoms with E-state index in [4.69, 9.17) is 0 Å². The first-order chi connectivity index (χ1) is 11.3. The molecule has 0 amide bonds. The molecule has 2 fully saturated rings. The molecule has 0 bridgehead atoms. The summed E-state index contributed by atoms with van der Waals surface area (Å²) >= 11 is 0. The molecule has 0 unspecified atom stereocenters. The van der Waals surface area contributed by atoms with Crippen LogP contribution in [0.3, 0.4) is 0 Å². The number of anilines is 2. The fraction of sp³-hybridized carbons (Fsp3) is 0.684. The Labute approximate surface area is 141 Å². The molecular formula is C19H32N4. The van der Waals surface area contributed by atoms with E-state index in [0.717, 1.165) is 25.6 Å². The first-order valence-electron chi connectivity index (χ1n) is 9.37. The van der Waals surface area contributed by atoms with Gasteiger partial charge in [-0.15, -0.1) is 0 Å². The summed E-state index contributed by atoms with van der Waals surface area (Å²) in [5, 5.41) is 7.04. The van der Waals surface area contributed by atoms with Gasteiger partial charge in [0.15, 0.2) is 0 Å². The molecule has 2 heterocycles. The van der Waals surface area contributed by atoms with Gasteiger partial charge in [0, 0.05) is 44.1 Å². The average molecular weight is 316 g/mol. The zero-order valence-electron chi connectivity index (χ0n) is 14.6. The molecule has 2 aliphatic heterocycles. The Kier molecular flexibility index (Phi) is 6.17. The molecule has 1 aromatic carbocycles. The zero-order valence-corrected chi connectivity index (χ0v) is 14.6. The molecule has 0 spiro atoms. The minimum atomic E-state index is 0.822. The van der Waals surface area contributed by atoms with Crippen molar-refractivity contribution >= 4 is 11.4 Å². The number of piperazine rings is 1. The molecule has 4 nitrogen and oxygen atoms in total. The van der Waals surface area contributed by atoms with Crippen LogP contribution in [0.25, 0.3) is 0 Å². The molecule has 0 aliphatic carbocycles. The lowest BCUT2D eigenvalue weighted by Gasteiger charge is -2.36. The van der Waals surface area contributed by atoms with E-state index in [0.29, 0.717) is 0 Å². The summed E-state index contributed by atoms with van der Waals surface area (Å²) in [6.45, 7) is 11.7. The second kappa shape index (κ2) is 8.55. The van der Waals surface area contributed by atoms with Gasteiger partial charge in [0.1, 0.15) is 0 Å². The van der Waals surface area contributed by atoms with Crippen LogP contribution in [0.5, 0.6) is 0 Å². The summed E-state index contributed by atoms with van der Waals surface area (Å²) in [5.74, 6) is 0.822. The molecule has 0 radical (unpaired) electrons. The highest BCUT2D eigenvalue weighted by Crippen LogP contribution is 2.20. The number of nitrogens with one attached hydrogen (secondary N) is 2. The fourth-order valence-corrected chi connectivity index (χ4v) is 3.68.